The third-order valence-electron chi connectivity index (χ3n) is 3.41. The van der Waals surface area contributed by atoms with Gasteiger partial charge in [-0.05, 0) is 24.0 Å². The molecule has 2 N–H and O–H groups in total. The molecule has 0 bridgehead atoms. The Morgan fingerprint density at radius 2 is 1.62 bits per heavy atom. The van der Waals surface area contributed by atoms with E-state index in [1.54, 1.807) is 0 Å². The van der Waals surface area contributed by atoms with Gasteiger partial charge in [0.1, 0.15) is 0 Å². The van der Waals surface area contributed by atoms with Gasteiger partial charge >= 0.3 is 0 Å². The second-order valence-electron chi connectivity index (χ2n) is 5.05. The van der Waals surface area contributed by atoms with Crippen molar-refractivity contribution < 1.29 is 9.90 Å². The number of amides is 1. The molecule has 0 saturated heterocycles. The highest BCUT2D eigenvalue weighted by Gasteiger charge is 2.07. The number of carbonyl (C=O) groups is 1. The standard InChI is InChI=1S/C18H21NO2/c20-17(16-9-5-2-6-10-16)13-14-19-18(21)12-11-15-7-3-1-4-8-15/h1-10,17,20H,11-14H2,(H,19,21). The van der Waals surface area contributed by atoms with E-state index in [-0.39, 0.29) is 5.91 Å². The zero-order valence-corrected chi connectivity index (χ0v) is 12.0. The van der Waals surface area contributed by atoms with Gasteiger partial charge in [-0.1, -0.05) is 60.7 Å². The molecule has 2 rings (SSSR count). The number of aryl methyl sites for hydroxylation is 1. The first-order valence-electron chi connectivity index (χ1n) is 7.29. The molecule has 1 amide bonds. The molecule has 0 fully saturated rings. The summed E-state index contributed by atoms with van der Waals surface area (Å²) in [5.74, 6) is 0.0270. The van der Waals surface area contributed by atoms with Gasteiger partial charge in [-0.2, -0.15) is 0 Å². The summed E-state index contributed by atoms with van der Waals surface area (Å²) in [5, 5.41) is 12.8. The fraction of sp³-hybridized carbons (Fsp3) is 0.278. The highest BCUT2D eigenvalue weighted by atomic mass is 16.3. The van der Waals surface area contributed by atoms with Crippen LogP contribution in [0.25, 0.3) is 0 Å². The SMILES string of the molecule is O=C(CCc1ccccc1)NCCC(O)c1ccccc1. The number of hydrogen-bond acceptors (Lipinski definition) is 2. The summed E-state index contributed by atoms with van der Waals surface area (Å²) >= 11 is 0. The van der Waals surface area contributed by atoms with Crippen molar-refractivity contribution in [2.24, 2.45) is 0 Å². The number of aliphatic hydroxyl groups is 1. The summed E-state index contributed by atoms with van der Waals surface area (Å²) in [5.41, 5.74) is 2.05. The van der Waals surface area contributed by atoms with Gasteiger partial charge in [-0.15, -0.1) is 0 Å². The van der Waals surface area contributed by atoms with E-state index in [0.717, 1.165) is 17.5 Å². The average molecular weight is 283 g/mol. The first-order valence-corrected chi connectivity index (χ1v) is 7.29. The highest BCUT2D eigenvalue weighted by molar-refractivity contribution is 5.76. The van der Waals surface area contributed by atoms with E-state index in [1.807, 2.05) is 60.7 Å². The quantitative estimate of drug-likeness (QED) is 0.821. The summed E-state index contributed by atoms with van der Waals surface area (Å²) in [7, 11) is 0. The van der Waals surface area contributed by atoms with Crippen LogP contribution in [0, 0.1) is 0 Å². The van der Waals surface area contributed by atoms with Crippen molar-refractivity contribution >= 4 is 5.91 Å². The Morgan fingerprint density at radius 3 is 2.29 bits per heavy atom. The van der Waals surface area contributed by atoms with Gasteiger partial charge in [-0.3, -0.25) is 4.79 Å². The van der Waals surface area contributed by atoms with Crippen molar-refractivity contribution in [3.8, 4) is 0 Å². The van der Waals surface area contributed by atoms with Crippen molar-refractivity contribution in [1.82, 2.24) is 5.32 Å². The first-order chi connectivity index (χ1) is 10.3. The van der Waals surface area contributed by atoms with Crippen LogP contribution in [0.5, 0.6) is 0 Å². The van der Waals surface area contributed by atoms with Crippen molar-refractivity contribution in [1.29, 1.82) is 0 Å². The van der Waals surface area contributed by atoms with Crippen LogP contribution < -0.4 is 5.32 Å². The third-order valence-corrected chi connectivity index (χ3v) is 3.41. The van der Waals surface area contributed by atoms with Crippen LogP contribution in [-0.2, 0) is 11.2 Å². The fourth-order valence-corrected chi connectivity index (χ4v) is 2.18. The topological polar surface area (TPSA) is 49.3 Å². The summed E-state index contributed by atoms with van der Waals surface area (Å²) in [6.07, 6.45) is 1.22. The van der Waals surface area contributed by atoms with Crippen molar-refractivity contribution in [2.45, 2.75) is 25.4 Å². The van der Waals surface area contributed by atoms with Gasteiger partial charge < -0.3 is 10.4 Å². The minimum Gasteiger partial charge on any atom is -0.388 e. The highest BCUT2D eigenvalue weighted by Crippen LogP contribution is 2.14. The predicted molar refractivity (Wildman–Crippen MR) is 83.8 cm³/mol. The number of hydrogen-bond donors (Lipinski definition) is 2. The molecule has 2 aromatic carbocycles. The van der Waals surface area contributed by atoms with E-state index in [0.29, 0.717) is 19.4 Å². The Kier molecular flexibility index (Phi) is 5.98. The maximum Gasteiger partial charge on any atom is 0.220 e. The fourth-order valence-electron chi connectivity index (χ4n) is 2.18. The third kappa shape index (κ3) is 5.40. The van der Waals surface area contributed by atoms with E-state index in [2.05, 4.69) is 5.32 Å². The molecule has 110 valence electrons. The van der Waals surface area contributed by atoms with Crippen LogP contribution in [0.15, 0.2) is 60.7 Å². The summed E-state index contributed by atoms with van der Waals surface area (Å²) < 4.78 is 0. The zero-order chi connectivity index (χ0) is 14.9. The molecule has 2 aromatic rings. The Labute approximate surface area is 125 Å². The average Bonchev–Trinajstić information content (AvgIpc) is 2.54. The van der Waals surface area contributed by atoms with Crippen LogP contribution in [0.4, 0.5) is 0 Å². The smallest absolute Gasteiger partial charge is 0.220 e. The molecule has 3 nitrogen and oxygen atoms in total. The molecule has 1 unspecified atom stereocenters. The van der Waals surface area contributed by atoms with Crippen LogP contribution >= 0.6 is 0 Å². The lowest BCUT2D eigenvalue weighted by molar-refractivity contribution is -0.121. The van der Waals surface area contributed by atoms with E-state index in [9.17, 15) is 9.90 Å². The second kappa shape index (κ2) is 8.22. The molecule has 0 aromatic heterocycles. The number of aliphatic hydroxyl groups excluding tert-OH is 1. The number of rotatable bonds is 7. The molecule has 0 heterocycles. The molecule has 0 radical (unpaired) electrons. The first kappa shape index (κ1) is 15.3. The Morgan fingerprint density at radius 1 is 1.00 bits per heavy atom. The summed E-state index contributed by atoms with van der Waals surface area (Å²) in [6, 6.07) is 19.5. The molecule has 0 aliphatic carbocycles. The van der Waals surface area contributed by atoms with Gasteiger partial charge in [0.25, 0.3) is 0 Å². The van der Waals surface area contributed by atoms with Crippen LogP contribution in [-0.4, -0.2) is 17.6 Å². The van der Waals surface area contributed by atoms with E-state index < -0.39 is 6.10 Å². The molecular weight excluding hydrogens is 262 g/mol. The van der Waals surface area contributed by atoms with Gasteiger partial charge in [0, 0.05) is 13.0 Å². The number of benzene rings is 2. The molecule has 0 aliphatic heterocycles. The molecular formula is C18H21NO2. The minimum atomic E-state index is -0.527. The lowest BCUT2D eigenvalue weighted by Gasteiger charge is -2.11. The Balaban J connectivity index is 1.65. The normalized spacial score (nSPS) is 11.9. The molecule has 0 aliphatic rings. The summed E-state index contributed by atoms with van der Waals surface area (Å²) in [4.78, 5) is 11.7. The van der Waals surface area contributed by atoms with Crippen LogP contribution in [0.2, 0.25) is 0 Å². The zero-order valence-electron chi connectivity index (χ0n) is 12.0. The molecule has 21 heavy (non-hydrogen) atoms. The summed E-state index contributed by atoms with van der Waals surface area (Å²) in [6.45, 7) is 0.490. The largest absolute Gasteiger partial charge is 0.388 e. The Bertz CT molecular complexity index is 540. The van der Waals surface area contributed by atoms with Gasteiger partial charge in [0.15, 0.2) is 0 Å². The van der Waals surface area contributed by atoms with E-state index >= 15 is 0 Å². The number of carbonyl (C=O) groups excluding carboxylic acids is 1. The van der Waals surface area contributed by atoms with Crippen LogP contribution in [0.1, 0.15) is 30.1 Å². The maximum absolute atomic E-state index is 11.7. The van der Waals surface area contributed by atoms with Crippen LogP contribution in [0.3, 0.4) is 0 Å². The van der Waals surface area contributed by atoms with Gasteiger partial charge in [0.05, 0.1) is 6.10 Å². The van der Waals surface area contributed by atoms with E-state index in [1.165, 1.54) is 0 Å². The molecule has 3 heteroatoms. The minimum absolute atomic E-state index is 0.0270. The van der Waals surface area contributed by atoms with Crippen molar-refractivity contribution in [3.63, 3.8) is 0 Å². The molecule has 0 spiro atoms. The predicted octanol–water partition coefficient (Wildman–Crippen LogP) is 2.86. The van der Waals surface area contributed by atoms with Crippen molar-refractivity contribution in [3.05, 3.63) is 71.8 Å². The Hall–Kier alpha value is -2.13. The monoisotopic (exact) mass is 283 g/mol. The molecule has 1 atom stereocenters. The maximum atomic E-state index is 11.7. The second-order valence-corrected chi connectivity index (χ2v) is 5.05. The van der Waals surface area contributed by atoms with Crippen molar-refractivity contribution in [2.75, 3.05) is 6.54 Å². The number of nitrogens with one attached hydrogen (secondary N) is 1. The molecule has 0 saturated carbocycles. The van der Waals surface area contributed by atoms with E-state index in [4.69, 9.17) is 0 Å². The lowest BCUT2D eigenvalue weighted by Crippen LogP contribution is -2.25. The lowest BCUT2D eigenvalue weighted by atomic mass is 10.1. The van der Waals surface area contributed by atoms with Gasteiger partial charge in [-0.25, -0.2) is 0 Å². The van der Waals surface area contributed by atoms with Gasteiger partial charge in [0.2, 0.25) is 5.91 Å².